The molecule has 1 aromatic heterocycles. The lowest BCUT2D eigenvalue weighted by atomic mass is 9.49. The van der Waals surface area contributed by atoms with E-state index in [1.54, 1.807) is 31.2 Å². The number of aryl methyl sites for hydroxylation is 1. The van der Waals surface area contributed by atoms with Gasteiger partial charge in [0.15, 0.2) is 4.90 Å². The van der Waals surface area contributed by atoms with Gasteiger partial charge in [-0.2, -0.15) is 9.78 Å². The van der Waals surface area contributed by atoms with Crippen molar-refractivity contribution in [2.45, 2.75) is 55.2 Å². The number of ether oxygens (including phenoxy) is 1. The molecule has 192 valence electrons. The van der Waals surface area contributed by atoms with Gasteiger partial charge in [-0.25, -0.2) is 8.42 Å². The summed E-state index contributed by atoms with van der Waals surface area (Å²) in [5.74, 6) is 1.03. The maximum atomic E-state index is 13.9. The summed E-state index contributed by atoms with van der Waals surface area (Å²) in [6, 6.07) is 13.6. The Hall–Kier alpha value is -3.53. The molecule has 4 aliphatic carbocycles. The molecule has 4 fully saturated rings. The minimum Gasteiger partial charge on any atom is -0.405 e. The van der Waals surface area contributed by atoms with Crippen LogP contribution in [0.1, 0.15) is 44.2 Å². The Labute approximate surface area is 214 Å². The van der Waals surface area contributed by atoms with Crippen LogP contribution >= 0.6 is 0 Å². The first-order chi connectivity index (χ1) is 17.7. The van der Waals surface area contributed by atoms with Crippen molar-refractivity contribution in [3.05, 3.63) is 70.4 Å². The van der Waals surface area contributed by atoms with Crippen LogP contribution in [0.2, 0.25) is 0 Å². The average molecular weight is 522 g/mol. The first-order valence-corrected chi connectivity index (χ1v) is 14.0. The number of nitrogens with zero attached hydrogens (tertiary/aromatic N) is 3. The standard InChI is InChI=1S/C27H27N3O6S/c1-17-24(37(34,35)23-9-7-22(8-10-23)30(32)33)25(29(28-17)21-5-3-2-4-6-21)36-26(31)27-14-18-11-19(15-27)13-20(12-18)16-27/h2-10,18-20H,11-16H2,1H3. The normalized spacial score (nSPS) is 26.2. The molecule has 0 N–H and O–H groups in total. The predicted molar refractivity (Wildman–Crippen MR) is 133 cm³/mol. The van der Waals surface area contributed by atoms with Gasteiger partial charge in [-0.1, -0.05) is 18.2 Å². The van der Waals surface area contributed by atoms with Gasteiger partial charge >= 0.3 is 5.97 Å². The van der Waals surface area contributed by atoms with Gasteiger partial charge in [-0.15, -0.1) is 0 Å². The number of hydrogen-bond donors (Lipinski definition) is 0. The fraction of sp³-hybridized carbons (Fsp3) is 0.407. The van der Waals surface area contributed by atoms with E-state index in [0.29, 0.717) is 23.4 Å². The number of nitro benzene ring substituents is 1. The molecule has 2 aromatic carbocycles. The number of non-ortho nitro benzene ring substituents is 1. The molecule has 0 saturated heterocycles. The van der Waals surface area contributed by atoms with Crippen LogP contribution < -0.4 is 4.74 Å². The van der Waals surface area contributed by atoms with E-state index >= 15 is 0 Å². The van der Waals surface area contributed by atoms with Crippen LogP contribution in [0.25, 0.3) is 5.69 Å². The Kier molecular flexibility index (Phi) is 5.48. The predicted octanol–water partition coefficient (Wildman–Crippen LogP) is 5.04. The lowest BCUT2D eigenvalue weighted by Crippen LogP contribution is -2.51. The van der Waals surface area contributed by atoms with Gasteiger partial charge in [0.25, 0.3) is 5.69 Å². The fourth-order valence-electron chi connectivity index (χ4n) is 7.06. The first kappa shape index (κ1) is 23.8. The fourth-order valence-corrected chi connectivity index (χ4v) is 8.57. The van der Waals surface area contributed by atoms with Crippen LogP contribution in [0, 0.1) is 40.2 Å². The number of nitro groups is 1. The molecule has 0 spiro atoms. The number of rotatable bonds is 6. The van der Waals surface area contributed by atoms with Gasteiger partial charge < -0.3 is 4.74 Å². The second kappa shape index (κ2) is 8.51. The maximum absolute atomic E-state index is 13.9. The van der Waals surface area contributed by atoms with Crippen molar-refractivity contribution in [2.75, 3.05) is 0 Å². The van der Waals surface area contributed by atoms with E-state index < -0.39 is 20.2 Å². The molecule has 4 bridgehead atoms. The van der Waals surface area contributed by atoms with Crippen molar-refractivity contribution in [3.8, 4) is 11.6 Å². The Balaban J connectivity index is 1.44. The molecule has 4 saturated carbocycles. The number of hydrogen-bond acceptors (Lipinski definition) is 7. The molecule has 1 heterocycles. The largest absolute Gasteiger partial charge is 0.405 e. The number of sulfone groups is 1. The third-order valence-corrected chi connectivity index (χ3v) is 10.2. The summed E-state index contributed by atoms with van der Waals surface area (Å²) in [6.07, 6.45) is 5.82. The summed E-state index contributed by atoms with van der Waals surface area (Å²) in [5, 5.41) is 15.5. The minimum absolute atomic E-state index is 0.136. The Morgan fingerprint density at radius 1 is 1.00 bits per heavy atom. The third kappa shape index (κ3) is 3.94. The molecule has 4 aliphatic rings. The topological polar surface area (TPSA) is 121 Å². The van der Waals surface area contributed by atoms with E-state index in [-0.39, 0.29) is 33.0 Å². The number of para-hydroxylation sites is 1. The smallest absolute Gasteiger partial charge is 0.318 e. The molecule has 3 aromatic rings. The number of esters is 1. The second-order valence-corrected chi connectivity index (χ2v) is 12.7. The molecular formula is C27H27N3O6S. The molecule has 0 radical (unpaired) electrons. The van der Waals surface area contributed by atoms with Crippen LogP contribution in [-0.2, 0) is 14.6 Å². The highest BCUT2D eigenvalue weighted by Gasteiger charge is 2.56. The van der Waals surface area contributed by atoms with E-state index in [9.17, 15) is 23.3 Å². The monoisotopic (exact) mass is 521 g/mol. The summed E-state index contributed by atoms with van der Waals surface area (Å²) >= 11 is 0. The molecule has 0 unspecified atom stereocenters. The molecular weight excluding hydrogens is 494 g/mol. The van der Waals surface area contributed by atoms with E-state index in [4.69, 9.17) is 4.74 Å². The van der Waals surface area contributed by atoms with Crippen LogP contribution in [0.5, 0.6) is 5.88 Å². The van der Waals surface area contributed by atoms with E-state index in [1.807, 2.05) is 6.07 Å². The quantitative estimate of drug-likeness (QED) is 0.253. The number of carbonyl (C=O) groups is 1. The molecule has 9 nitrogen and oxygen atoms in total. The van der Waals surface area contributed by atoms with Gasteiger partial charge in [-0.3, -0.25) is 14.9 Å². The molecule has 37 heavy (non-hydrogen) atoms. The van der Waals surface area contributed by atoms with Gasteiger partial charge in [0.05, 0.1) is 26.6 Å². The number of benzene rings is 2. The van der Waals surface area contributed by atoms with Gasteiger partial charge in [0.2, 0.25) is 15.7 Å². The van der Waals surface area contributed by atoms with Gasteiger partial charge in [0, 0.05) is 12.1 Å². The van der Waals surface area contributed by atoms with Crippen molar-refractivity contribution < 1.29 is 22.9 Å². The summed E-state index contributed by atoms with van der Waals surface area (Å²) in [5.41, 5.74) is -0.0771. The zero-order valence-electron chi connectivity index (χ0n) is 20.4. The van der Waals surface area contributed by atoms with Crippen molar-refractivity contribution in [2.24, 2.45) is 23.2 Å². The SMILES string of the molecule is Cc1nn(-c2ccccc2)c(OC(=O)C23CC4CC(CC(C4)C2)C3)c1S(=O)(=O)c1ccc([N+](=O)[O-])cc1. The number of carbonyl (C=O) groups excluding carboxylic acids is 1. The lowest BCUT2D eigenvalue weighted by molar-refractivity contribution is -0.384. The van der Waals surface area contributed by atoms with Crippen molar-refractivity contribution in [1.29, 1.82) is 0 Å². The third-order valence-electron chi connectivity index (χ3n) is 8.25. The highest BCUT2D eigenvalue weighted by Crippen LogP contribution is 2.60. The maximum Gasteiger partial charge on any atom is 0.318 e. The van der Waals surface area contributed by atoms with E-state index in [2.05, 4.69) is 5.10 Å². The van der Waals surface area contributed by atoms with Crippen molar-refractivity contribution in [3.63, 3.8) is 0 Å². The molecule has 0 aliphatic heterocycles. The Morgan fingerprint density at radius 2 is 1.57 bits per heavy atom. The van der Waals surface area contributed by atoms with Crippen LogP contribution in [0.4, 0.5) is 5.69 Å². The second-order valence-electron chi connectivity index (χ2n) is 10.8. The Morgan fingerprint density at radius 3 is 2.11 bits per heavy atom. The summed E-state index contributed by atoms with van der Waals surface area (Å²) in [6.45, 7) is 1.56. The minimum atomic E-state index is -4.21. The van der Waals surface area contributed by atoms with E-state index in [1.165, 1.54) is 16.8 Å². The Bertz CT molecular complexity index is 1460. The zero-order chi connectivity index (χ0) is 25.9. The zero-order valence-corrected chi connectivity index (χ0v) is 21.2. The molecule has 0 atom stereocenters. The number of aromatic nitrogens is 2. The van der Waals surface area contributed by atoms with E-state index in [0.717, 1.165) is 50.7 Å². The van der Waals surface area contributed by atoms with Crippen LogP contribution in [0.15, 0.2) is 64.4 Å². The molecule has 7 rings (SSSR count). The summed E-state index contributed by atoms with van der Waals surface area (Å²) in [7, 11) is -4.21. The molecule has 0 amide bonds. The van der Waals surface area contributed by atoms with Gasteiger partial charge in [-0.05, 0) is 87.5 Å². The van der Waals surface area contributed by atoms with Crippen molar-refractivity contribution in [1.82, 2.24) is 9.78 Å². The summed E-state index contributed by atoms with van der Waals surface area (Å²) < 4.78 is 35.1. The highest BCUT2D eigenvalue weighted by molar-refractivity contribution is 7.91. The van der Waals surface area contributed by atoms with Gasteiger partial charge in [0.1, 0.15) is 0 Å². The lowest BCUT2D eigenvalue weighted by Gasteiger charge is -2.55. The highest BCUT2D eigenvalue weighted by atomic mass is 32.2. The van der Waals surface area contributed by atoms with Crippen molar-refractivity contribution >= 4 is 21.5 Å². The summed E-state index contributed by atoms with van der Waals surface area (Å²) in [4.78, 5) is 24.0. The van der Waals surface area contributed by atoms with Crippen LogP contribution in [0.3, 0.4) is 0 Å². The average Bonchev–Trinajstić information content (AvgIpc) is 3.20. The molecule has 10 heteroatoms. The van der Waals surface area contributed by atoms with Crippen LogP contribution in [-0.4, -0.2) is 29.1 Å². The first-order valence-electron chi connectivity index (χ1n) is 12.5.